The van der Waals surface area contributed by atoms with Gasteiger partial charge in [-0.05, 0) is 38.0 Å². The molecule has 0 aliphatic carbocycles. The number of hydrogen-bond donors (Lipinski definition) is 1. The summed E-state index contributed by atoms with van der Waals surface area (Å²) in [7, 11) is -2.78. The van der Waals surface area contributed by atoms with E-state index in [-0.39, 0.29) is 11.3 Å². The summed E-state index contributed by atoms with van der Waals surface area (Å²) in [6, 6.07) is 8.94. The van der Waals surface area contributed by atoms with Gasteiger partial charge >= 0.3 is 0 Å². The molecule has 0 saturated carbocycles. The third-order valence-corrected chi connectivity index (χ3v) is 4.56. The standard InChI is InChI=1S/C9H12O3S.C8H10N3O/c1-6-4-7(2)9(8(3)5-6)13(10,11)12;1-12-8-3-2-6-11(10)7(8)4-5-9/h4-5H,1-3H3,(H,10,11,12);2-3,6H,4,10H2,1H3/q;+1/p-1. The van der Waals surface area contributed by atoms with Gasteiger partial charge in [0.25, 0.3) is 5.69 Å². The highest BCUT2D eigenvalue weighted by molar-refractivity contribution is 7.85. The zero-order chi connectivity index (χ0) is 19.2. The summed E-state index contributed by atoms with van der Waals surface area (Å²) in [5.74, 6) is 6.21. The Bertz CT molecular complexity index is 880. The molecule has 134 valence electrons. The number of hydrogen-bond acceptors (Lipinski definition) is 6. The maximum Gasteiger partial charge on any atom is 0.266 e. The number of methoxy groups -OCH3 is 1. The van der Waals surface area contributed by atoms with E-state index in [1.165, 1.54) is 4.68 Å². The van der Waals surface area contributed by atoms with Crippen molar-refractivity contribution in [1.82, 2.24) is 0 Å². The lowest BCUT2D eigenvalue weighted by atomic mass is 10.1. The smallest absolute Gasteiger partial charge is 0.266 e. The van der Waals surface area contributed by atoms with Crippen molar-refractivity contribution in [3.8, 4) is 11.8 Å². The van der Waals surface area contributed by atoms with Crippen LogP contribution in [0, 0.1) is 32.1 Å². The molecule has 1 heterocycles. The molecule has 0 fully saturated rings. The first-order valence-electron chi connectivity index (χ1n) is 7.35. The van der Waals surface area contributed by atoms with Crippen LogP contribution in [0.25, 0.3) is 0 Å². The van der Waals surface area contributed by atoms with Crippen molar-refractivity contribution < 1.29 is 22.4 Å². The SMILES string of the molecule is COc1ccc[n+](N)c1CC#N.Cc1cc(C)c(S(=O)(=O)[O-])c(C)c1. The predicted molar refractivity (Wildman–Crippen MR) is 91.3 cm³/mol. The first kappa shape index (κ1) is 20.4. The lowest BCUT2D eigenvalue weighted by Gasteiger charge is -2.14. The molecule has 0 aliphatic heterocycles. The number of benzene rings is 1. The molecule has 0 atom stereocenters. The minimum absolute atomic E-state index is 0.0851. The van der Waals surface area contributed by atoms with Gasteiger partial charge in [0.2, 0.25) is 0 Å². The zero-order valence-electron chi connectivity index (χ0n) is 14.6. The van der Waals surface area contributed by atoms with Gasteiger partial charge in [-0.2, -0.15) is 5.26 Å². The van der Waals surface area contributed by atoms with Crippen LogP contribution in [-0.4, -0.2) is 20.1 Å². The molecule has 2 aromatic rings. The monoisotopic (exact) mass is 363 g/mol. The van der Waals surface area contributed by atoms with Crippen molar-refractivity contribution in [3.05, 3.63) is 52.8 Å². The minimum Gasteiger partial charge on any atom is -0.744 e. The Kier molecular flexibility index (Phi) is 6.91. The highest BCUT2D eigenvalue weighted by Gasteiger charge is 2.13. The van der Waals surface area contributed by atoms with E-state index < -0.39 is 10.1 Å². The Labute approximate surface area is 148 Å². The third-order valence-electron chi connectivity index (χ3n) is 3.41. The first-order chi connectivity index (χ1) is 11.6. The Morgan fingerprint density at radius 2 is 1.84 bits per heavy atom. The molecule has 0 aliphatic rings. The molecule has 25 heavy (non-hydrogen) atoms. The average molecular weight is 363 g/mol. The molecule has 1 aromatic heterocycles. The number of nitrogen functional groups attached to an aromatic ring is 1. The number of nitriles is 1. The van der Waals surface area contributed by atoms with Crippen LogP contribution < -0.4 is 15.3 Å². The Hall–Kier alpha value is -2.63. The Morgan fingerprint density at radius 1 is 1.28 bits per heavy atom. The predicted octanol–water partition coefficient (Wildman–Crippen LogP) is 1.28. The van der Waals surface area contributed by atoms with Gasteiger partial charge in [0.1, 0.15) is 16.5 Å². The topological polar surface area (TPSA) is 120 Å². The van der Waals surface area contributed by atoms with Gasteiger partial charge in [0.05, 0.1) is 18.1 Å². The molecule has 2 rings (SSSR count). The fourth-order valence-electron chi connectivity index (χ4n) is 2.54. The summed E-state index contributed by atoms with van der Waals surface area (Å²) in [6.45, 7) is 5.12. The summed E-state index contributed by atoms with van der Waals surface area (Å²) < 4.78 is 38.9. The fraction of sp³-hybridized carbons (Fsp3) is 0.294. The quantitative estimate of drug-likeness (QED) is 0.498. The molecule has 0 amide bonds. The zero-order valence-corrected chi connectivity index (χ0v) is 15.4. The van der Waals surface area contributed by atoms with Gasteiger partial charge in [-0.25, -0.2) is 14.3 Å². The molecule has 0 unspecified atom stereocenters. The van der Waals surface area contributed by atoms with Crippen LogP contribution in [0.1, 0.15) is 22.4 Å². The van der Waals surface area contributed by atoms with Gasteiger partial charge in [-0.1, -0.05) is 22.4 Å². The summed E-state index contributed by atoms with van der Waals surface area (Å²) in [5, 5.41) is 8.49. The van der Waals surface area contributed by atoms with Crippen LogP contribution in [0.3, 0.4) is 0 Å². The molecule has 7 nitrogen and oxygen atoms in total. The maximum atomic E-state index is 10.8. The van der Waals surface area contributed by atoms with Gasteiger partial charge in [-0.15, -0.1) is 0 Å². The van der Waals surface area contributed by atoms with Crippen molar-refractivity contribution in [1.29, 1.82) is 5.26 Å². The molecular formula is C17H21N3O4S. The van der Waals surface area contributed by atoms with Crippen molar-refractivity contribution in [2.24, 2.45) is 0 Å². The number of ether oxygens (including phenoxy) is 1. The van der Waals surface area contributed by atoms with E-state index in [1.807, 2.05) is 13.0 Å². The van der Waals surface area contributed by atoms with Crippen LogP contribution in [0.2, 0.25) is 0 Å². The van der Waals surface area contributed by atoms with Crippen LogP contribution in [0.4, 0.5) is 0 Å². The van der Waals surface area contributed by atoms with E-state index in [9.17, 15) is 13.0 Å². The summed E-state index contributed by atoms with van der Waals surface area (Å²) in [5.41, 5.74) is 2.69. The van der Waals surface area contributed by atoms with Crippen molar-refractivity contribution in [2.45, 2.75) is 32.1 Å². The first-order valence-corrected chi connectivity index (χ1v) is 8.76. The highest BCUT2D eigenvalue weighted by Crippen LogP contribution is 2.20. The van der Waals surface area contributed by atoms with Crippen molar-refractivity contribution >= 4 is 10.1 Å². The summed E-state index contributed by atoms with van der Waals surface area (Å²) >= 11 is 0. The van der Waals surface area contributed by atoms with E-state index in [0.29, 0.717) is 22.6 Å². The molecular weight excluding hydrogens is 342 g/mol. The second-order valence-corrected chi connectivity index (χ2v) is 6.76. The van der Waals surface area contributed by atoms with Gasteiger partial charge < -0.3 is 9.29 Å². The van der Waals surface area contributed by atoms with Gasteiger partial charge in [0, 0.05) is 6.07 Å². The molecule has 8 heteroatoms. The molecule has 2 N–H and O–H groups in total. The van der Waals surface area contributed by atoms with Crippen LogP contribution in [0.5, 0.6) is 5.75 Å². The fourth-order valence-corrected chi connectivity index (χ4v) is 3.44. The highest BCUT2D eigenvalue weighted by atomic mass is 32.2. The Morgan fingerprint density at radius 3 is 2.28 bits per heavy atom. The van der Waals surface area contributed by atoms with Crippen LogP contribution in [0.15, 0.2) is 35.4 Å². The lowest BCUT2D eigenvalue weighted by molar-refractivity contribution is -0.646. The molecule has 0 radical (unpaired) electrons. The molecule has 0 bridgehead atoms. The Balaban J connectivity index is 0.000000251. The van der Waals surface area contributed by atoms with Gasteiger partial charge in [0.15, 0.2) is 11.9 Å². The van der Waals surface area contributed by atoms with Crippen molar-refractivity contribution in [3.63, 3.8) is 0 Å². The third kappa shape index (κ3) is 5.45. The molecule has 0 saturated heterocycles. The molecule has 0 spiro atoms. The normalized spacial score (nSPS) is 10.4. The number of pyridine rings is 1. The average Bonchev–Trinajstić information content (AvgIpc) is 2.47. The van der Waals surface area contributed by atoms with E-state index >= 15 is 0 Å². The number of nitrogens with two attached hydrogens (primary N) is 1. The second-order valence-electron chi connectivity index (χ2n) is 5.45. The second kappa shape index (κ2) is 8.46. The minimum atomic E-state index is -4.33. The van der Waals surface area contributed by atoms with Crippen LogP contribution in [-0.2, 0) is 16.5 Å². The lowest BCUT2D eigenvalue weighted by Crippen LogP contribution is -2.47. The van der Waals surface area contributed by atoms with Gasteiger partial charge in [-0.3, -0.25) is 0 Å². The van der Waals surface area contributed by atoms with Crippen molar-refractivity contribution in [2.75, 3.05) is 13.0 Å². The molecule has 1 aromatic carbocycles. The van der Waals surface area contributed by atoms with E-state index in [0.717, 1.165) is 5.56 Å². The number of aryl methyl sites for hydroxylation is 3. The number of aromatic nitrogens is 1. The summed E-state index contributed by atoms with van der Waals surface area (Å²) in [4.78, 5) is -0.0851. The largest absolute Gasteiger partial charge is 0.744 e. The van der Waals surface area contributed by atoms with E-state index in [4.69, 9.17) is 15.8 Å². The number of rotatable bonds is 3. The van der Waals surface area contributed by atoms with E-state index in [1.54, 1.807) is 51.4 Å². The number of nitrogens with zero attached hydrogens (tertiary/aromatic N) is 2. The van der Waals surface area contributed by atoms with Crippen LogP contribution >= 0.6 is 0 Å². The summed E-state index contributed by atoms with van der Waals surface area (Å²) in [6.07, 6.45) is 1.93. The van der Waals surface area contributed by atoms with E-state index in [2.05, 4.69) is 0 Å². The maximum absolute atomic E-state index is 10.8.